The van der Waals surface area contributed by atoms with Gasteiger partial charge in [-0.1, -0.05) is 17.9 Å². The highest BCUT2D eigenvalue weighted by atomic mass is 16.4. The van der Waals surface area contributed by atoms with E-state index >= 15 is 0 Å². The van der Waals surface area contributed by atoms with Crippen LogP contribution in [0, 0.1) is 0 Å². The maximum absolute atomic E-state index is 5.53. The van der Waals surface area contributed by atoms with Crippen molar-refractivity contribution in [3.63, 3.8) is 0 Å². The number of aromatic nitrogens is 2. The summed E-state index contributed by atoms with van der Waals surface area (Å²) in [6.45, 7) is 0.698. The van der Waals surface area contributed by atoms with Crippen molar-refractivity contribution in [2.45, 2.75) is 57.2 Å². The van der Waals surface area contributed by atoms with Gasteiger partial charge in [-0.05, 0) is 25.7 Å². The number of nitrogens with one attached hydrogen (secondary N) is 2. The summed E-state index contributed by atoms with van der Waals surface area (Å²) in [5, 5.41) is 14.7. The number of anilines is 1. The van der Waals surface area contributed by atoms with Crippen LogP contribution in [0.2, 0.25) is 0 Å². The molecule has 0 radical (unpaired) electrons. The van der Waals surface area contributed by atoms with Crippen molar-refractivity contribution < 1.29 is 4.42 Å². The molecule has 0 aliphatic heterocycles. The summed E-state index contributed by atoms with van der Waals surface area (Å²) in [4.78, 5) is 0. The Morgan fingerprint density at radius 3 is 2.62 bits per heavy atom. The second-order valence-electron chi connectivity index (χ2n) is 4.78. The normalized spacial score (nSPS) is 21.5. The predicted molar refractivity (Wildman–Crippen MR) is 60.0 cm³/mol. The van der Waals surface area contributed by atoms with Gasteiger partial charge in [-0.25, -0.2) is 0 Å². The topological polar surface area (TPSA) is 63.0 Å². The molecule has 5 nitrogen and oxygen atoms in total. The maximum Gasteiger partial charge on any atom is 0.315 e. The lowest BCUT2D eigenvalue weighted by Gasteiger charge is -2.07. The Morgan fingerprint density at radius 2 is 1.88 bits per heavy atom. The Morgan fingerprint density at radius 1 is 1.06 bits per heavy atom. The summed E-state index contributed by atoms with van der Waals surface area (Å²) in [5.41, 5.74) is 0. The van der Waals surface area contributed by atoms with Gasteiger partial charge in [0.1, 0.15) is 0 Å². The first-order valence-electron chi connectivity index (χ1n) is 6.22. The molecule has 0 spiro atoms. The van der Waals surface area contributed by atoms with Crippen molar-refractivity contribution in [2.75, 3.05) is 5.32 Å². The van der Waals surface area contributed by atoms with E-state index in [1.165, 1.54) is 38.5 Å². The molecule has 88 valence electrons. The second kappa shape index (κ2) is 4.41. The van der Waals surface area contributed by atoms with Crippen LogP contribution in [0.3, 0.4) is 0 Å². The molecule has 16 heavy (non-hydrogen) atoms. The molecule has 0 unspecified atom stereocenters. The Balaban J connectivity index is 1.50. The van der Waals surface area contributed by atoms with Crippen LogP contribution in [-0.4, -0.2) is 22.3 Å². The first-order valence-corrected chi connectivity index (χ1v) is 6.22. The third-order valence-electron chi connectivity index (χ3n) is 3.27. The van der Waals surface area contributed by atoms with Crippen molar-refractivity contribution >= 4 is 6.01 Å². The third-order valence-corrected chi connectivity index (χ3v) is 3.27. The lowest BCUT2D eigenvalue weighted by molar-refractivity contribution is 0.471. The summed E-state index contributed by atoms with van der Waals surface area (Å²) in [5.74, 6) is 0.687. The van der Waals surface area contributed by atoms with Crippen molar-refractivity contribution in [3.05, 3.63) is 5.89 Å². The fourth-order valence-corrected chi connectivity index (χ4v) is 2.15. The van der Waals surface area contributed by atoms with Gasteiger partial charge < -0.3 is 15.1 Å². The van der Waals surface area contributed by atoms with E-state index in [0.717, 1.165) is 0 Å². The van der Waals surface area contributed by atoms with Crippen molar-refractivity contribution in [2.24, 2.45) is 0 Å². The maximum atomic E-state index is 5.53. The van der Waals surface area contributed by atoms with Crippen LogP contribution < -0.4 is 10.6 Å². The van der Waals surface area contributed by atoms with E-state index in [2.05, 4.69) is 20.8 Å². The van der Waals surface area contributed by atoms with E-state index in [0.29, 0.717) is 30.5 Å². The Hall–Kier alpha value is -1.10. The average Bonchev–Trinajstić information content (AvgIpc) is 2.78. The van der Waals surface area contributed by atoms with Crippen LogP contribution in [0.25, 0.3) is 0 Å². The van der Waals surface area contributed by atoms with Crippen molar-refractivity contribution in [1.82, 2.24) is 15.5 Å². The monoisotopic (exact) mass is 222 g/mol. The van der Waals surface area contributed by atoms with E-state index in [4.69, 9.17) is 4.42 Å². The van der Waals surface area contributed by atoms with E-state index in [-0.39, 0.29) is 0 Å². The van der Waals surface area contributed by atoms with Crippen LogP contribution in [-0.2, 0) is 6.54 Å². The zero-order valence-electron chi connectivity index (χ0n) is 9.41. The first-order chi connectivity index (χ1) is 7.90. The molecule has 0 aromatic carbocycles. The summed E-state index contributed by atoms with van der Waals surface area (Å²) >= 11 is 0. The Labute approximate surface area is 95.0 Å². The fourth-order valence-electron chi connectivity index (χ4n) is 2.15. The Kier molecular flexibility index (Phi) is 2.78. The second-order valence-corrected chi connectivity index (χ2v) is 4.78. The molecule has 2 saturated carbocycles. The quantitative estimate of drug-likeness (QED) is 0.793. The van der Waals surface area contributed by atoms with E-state index in [1.54, 1.807) is 0 Å². The number of hydrogen-bond donors (Lipinski definition) is 2. The molecule has 2 aliphatic rings. The summed E-state index contributed by atoms with van der Waals surface area (Å²) in [7, 11) is 0. The molecule has 3 rings (SSSR count). The number of nitrogens with zero attached hydrogens (tertiary/aromatic N) is 2. The SMILES string of the molecule is C1CCC(Nc2nnc(CNC3CC3)o2)C1. The van der Waals surface area contributed by atoms with Gasteiger partial charge in [0, 0.05) is 12.1 Å². The highest BCUT2D eigenvalue weighted by molar-refractivity contribution is 5.19. The minimum absolute atomic E-state index is 0.532. The summed E-state index contributed by atoms with van der Waals surface area (Å²) in [6, 6.07) is 1.79. The number of hydrogen-bond acceptors (Lipinski definition) is 5. The van der Waals surface area contributed by atoms with Crippen LogP contribution in [0.1, 0.15) is 44.4 Å². The summed E-state index contributed by atoms with van der Waals surface area (Å²) in [6.07, 6.45) is 7.61. The van der Waals surface area contributed by atoms with Gasteiger partial charge in [0.25, 0.3) is 0 Å². The highest BCUT2D eigenvalue weighted by Gasteiger charge is 2.21. The van der Waals surface area contributed by atoms with E-state index in [9.17, 15) is 0 Å². The molecule has 0 bridgehead atoms. The van der Waals surface area contributed by atoms with E-state index < -0.39 is 0 Å². The van der Waals surface area contributed by atoms with Crippen LogP contribution in [0.15, 0.2) is 4.42 Å². The van der Waals surface area contributed by atoms with Crippen LogP contribution in [0.5, 0.6) is 0 Å². The molecule has 5 heteroatoms. The predicted octanol–water partition coefficient (Wildman–Crippen LogP) is 1.68. The van der Waals surface area contributed by atoms with Gasteiger partial charge in [0.05, 0.1) is 6.54 Å². The molecule has 2 N–H and O–H groups in total. The summed E-state index contributed by atoms with van der Waals surface area (Å²) < 4.78 is 5.53. The van der Waals surface area contributed by atoms with Gasteiger partial charge in [-0.3, -0.25) is 0 Å². The van der Waals surface area contributed by atoms with Crippen LogP contribution in [0.4, 0.5) is 6.01 Å². The van der Waals surface area contributed by atoms with Crippen molar-refractivity contribution in [3.8, 4) is 0 Å². The molecular formula is C11H18N4O. The molecule has 0 saturated heterocycles. The van der Waals surface area contributed by atoms with Gasteiger partial charge in [-0.2, -0.15) is 0 Å². The molecular weight excluding hydrogens is 204 g/mol. The van der Waals surface area contributed by atoms with Gasteiger partial charge in [-0.15, -0.1) is 5.10 Å². The zero-order valence-corrected chi connectivity index (χ0v) is 9.41. The molecule has 2 fully saturated rings. The van der Waals surface area contributed by atoms with Gasteiger partial charge >= 0.3 is 6.01 Å². The first kappa shape index (κ1) is 10.1. The zero-order chi connectivity index (χ0) is 10.8. The highest BCUT2D eigenvalue weighted by Crippen LogP contribution is 2.22. The molecule has 1 heterocycles. The fraction of sp³-hybridized carbons (Fsp3) is 0.818. The van der Waals surface area contributed by atoms with Crippen LogP contribution >= 0.6 is 0 Å². The lowest BCUT2D eigenvalue weighted by Crippen LogP contribution is -2.15. The molecule has 1 aromatic rings. The Bertz CT molecular complexity index is 342. The molecule has 0 amide bonds. The lowest BCUT2D eigenvalue weighted by atomic mass is 10.3. The minimum Gasteiger partial charge on any atom is -0.407 e. The largest absolute Gasteiger partial charge is 0.407 e. The molecule has 1 aromatic heterocycles. The average molecular weight is 222 g/mol. The van der Waals surface area contributed by atoms with Gasteiger partial charge in [0.2, 0.25) is 5.89 Å². The van der Waals surface area contributed by atoms with Gasteiger partial charge in [0.15, 0.2) is 0 Å². The minimum atomic E-state index is 0.532. The third kappa shape index (κ3) is 2.52. The number of rotatable bonds is 5. The van der Waals surface area contributed by atoms with E-state index in [1.807, 2.05) is 0 Å². The molecule has 0 atom stereocenters. The standard InChI is InChI=1S/C11H18N4O/c1-2-4-9(3-1)13-11-15-14-10(16-11)7-12-8-5-6-8/h8-9,12H,1-7H2,(H,13,15). The van der Waals surface area contributed by atoms with Crippen molar-refractivity contribution in [1.29, 1.82) is 0 Å². The molecule has 2 aliphatic carbocycles. The smallest absolute Gasteiger partial charge is 0.315 e.